The minimum atomic E-state index is -3.83. The van der Waals surface area contributed by atoms with Crippen LogP contribution in [0.4, 0.5) is 0 Å². The Morgan fingerprint density at radius 1 is 1.10 bits per heavy atom. The Hall–Kier alpha value is -2.45. The minimum absolute atomic E-state index is 0.136. The van der Waals surface area contributed by atoms with Gasteiger partial charge in [-0.25, -0.2) is 8.42 Å². The fraction of sp³-hybridized carbons (Fsp3) is 0.429. The maximum Gasteiger partial charge on any atom is 0.321 e. The zero-order chi connectivity index (χ0) is 21.2. The van der Waals surface area contributed by atoms with Crippen LogP contribution < -0.4 is 4.72 Å². The molecule has 0 fully saturated rings. The predicted molar refractivity (Wildman–Crippen MR) is 108 cm³/mol. The van der Waals surface area contributed by atoms with Crippen molar-refractivity contribution in [1.82, 2.24) is 9.29 Å². The Kier molecular flexibility index (Phi) is 6.24. The standard InChI is InChI=1S/C21H26N2O5S/c1-14-10-19(15(2)23(14)3)20(24)13-28-21(25)12-22-29(26,27)18-9-8-16-6-4-5-7-17(16)11-18/h8-11,22H,4-7,12-13H2,1-3H3. The third-order valence-electron chi connectivity index (χ3n) is 5.48. The molecule has 0 radical (unpaired) electrons. The maximum absolute atomic E-state index is 12.5. The predicted octanol–water partition coefficient (Wildman–Crippen LogP) is 2.23. The molecule has 0 unspecified atom stereocenters. The fourth-order valence-electron chi connectivity index (χ4n) is 3.53. The van der Waals surface area contributed by atoms with Crippen molar-refractivity contribution in [1.29, 1.82) is 0 Å². The van der Waals surface area contributed by atoms with Gasteiger partial charge in [-0.05, 0) is 68.9 Å². The van der Waals surface area contributed by atoms with Gasteiger partial charge in [0.2, 0.25) is 15.8 Å². The van der Waals surface area contributed by atoms with E-state index >= 15 is 0 Å². The lowest BCUT2D eigenvalue weighted by Gasteiger charge is -2.16. The Balaban J connectivity index is 1.55. The van der Waals surface area contributed by atoms with Gasteiger partial charge >= 0.3 is 5.97 Å². The van der Waals surface area contributed by atoms with Gasteiger partial charge in [0, 0.05) is 24.0 Å². The SMILES string of the molecule is Cc1cc(C(=O)COC(=O)CNS(=O)(=O)c2ccc3c(c2)CCCC3)c(C)n1C. The Labute approximate surface area is 171 Å². The van der Waals surface area contributed by atoms with Crippen LogP contribution >= 0.6 is 0 Å². The van der Waals surface area contributed by atoms with Crippen LogP contribution in [-0.4, -0.2) is 37.9 Å². The van der Waals surface area contributed by atoms with Crippen molar-refractivity contribution in [2.24, 2.45) is 7.05 Å². The number of aryl methyl sites for hydroxylation is 3. The second-order valence-corrected chi connectivity index (χ2v) is 9.16. The smallest absolute Gasteiger partial charge is 0.321 e. The number of esters is 1. The highest BCUT2D eigenvalue weighted by atomic mass is 32.2. The van der Waals surface area contributed by atoms with Gasteiger partial charge in [-0.15, -0.1) is 0 Å². The molecule has 0 aliphatic heterocycles. The van der Waals surface area contributed by atoms with Gasteiger partial charge in [0.15, 0.2) is 6.61 Å². The highest BCUT2D eigenvalue weighted by Crippen LogP contribution is 2.24. The molecule has 0 bridgehead atoms. The number of hydrogen-bond acceptors (Lipinski definition) is 5. The summed E-state index contributed by atoms with van der Waals surface area (Å²) in [6.07, 6.45) is 3.99. The summed E-state index contributed by atoms with van der Waals surface area (Å²) < 4.78 is 34.0. The van der Waals surface area contributed by atoms with Gasteiger partial charge in [-0.2, -0.15) is 4.72 Å². The molecule has 1 aliphatic carbocycles. The first-order chi connectivity index (χ1) is 13.7. The molecule has 8 heteroatoms. The number of carbonyl (C=O) groups excluding carboxylic acids is 2. The number of benzene rings is 1. The van der Waals surface area contributed by atoms with Crippen molar-refractivity contribution in [3.8, 4) is 0 Å². The average molecular weight is 419 g/mol. The summed E-state index contributed by atoms with van der Waals surface area (Å²) in [7, 11) is -1.98. The number of ketones is 1. The molecule has 1 aromatic heterocycles. The van der Waals surface area contributed by atoms with E-state index in [9.17, 15) is 18.0 Å². The zero-order valence-electron chi connectivity index (χ0n) is 16.9. The van der Waals surface area contributed by atoms with Crippen molar-refractivity contribution in [2.45, 2.75) is 44.4 Å². The van der Waals surface area contributed by atoms with Crippen LogP contribution in [0, 0.1) is 13.8 Å². The maximum atomic E-state index is 12.5. The van der Waals surface area contributed by atoms with Crippen LogP contribution in [0.2, 0.25) is 0 Å². The van der Waals surface area contributed by atoms with Crippen LogP contribution in [0.15, 0.2) is 29.2 Å². The number of ether oxygens (including phenoxy) is 1. The summed E-state index contributed by atoms with van der Waals surface area (Å²) in [6.45, 7) is 2.74. The molecule has 1 aromatic carbocycles. The number of nitrogens with zero attached hydrogens (tertiary/aromatic N) is 1. The van der Waals surface area contributed by atoms with E-state index in [-0.39, 0.29) is 10.7 Å². The molecule has 0 saturated heterocycles. The zero-order valence-corrected chi connectivity index (χ0v) is 17.8. The molecule has 1 N–H and O–H groups in total. The first-order valence-electron chi connectivity index (χ1n) is 9.62. The third-order valence-corrected chi connectivity index (χ3v) is 6.88. The highest BCUT2D eigenvalue weighted by molar-refractivity contribution is 7.89. The second-order valence-electron chi connectivity index (χ2n) is 7.39. The molecule has 156 valence electrons. The quantitative estimate of drug-likeness (QED) is 0.550. The first-order valence-corrected chi connectivity index (χ1v) is 11.1. The van der Waals surface area contributed by atoms with E-state index in [0.717, 1.165) is 42.6 Å². The van der Waals surface area contributed by atoms with Crippen molar-refractivity contribution >= 4 is 21.8 Å². The van der Waals surface area contributed by atoms with Crippen molar-refractivity contribution < 1.29 is 22.7 Å². The number of aromatic nitrogens is 1. The van der Waals surface area contributed by atoms with Crippen LogP contribution in [0.3, 0.4) is 0 Å². The van der Waals surface area contributed by atoms with Gasteiger partial charge in [-0.1, -0.05) is 6.07 Å². The van der Waals surface area contributed by atoms with Crippen LogP contribution in [0.25, 0.3) is 0 Å². The number of Topliss-reactive ketones (excluding diaryl/α,β-unsaturated/α-hetero) is 1. The van der Waals surface area contributed by atoms with Gasteiger partial charge in [-0.3, -0.25) is 9.59 Å². The van der Waals surface area contributed by atoms with Gasteiger partial charge in [0.25, 0.3) is 0 Å². The number of rotatable bonds is 7. The monoisotopic (exact) mass is 418 g/mol. The van der Waals surface area contributed by atoms with Crippen LogP contribution in [0.5, 0.6) is 0 Å². The van der Waals surface area contributed by atoms with Crippen LogP contribution in [0.1, 0.15) is 45.7 Å². The topological polar surface area (TPSA) is 94.5 Å². The van der Waals surface area contributed by atoms with Gasteiger partial charge < -0.3 is 9.30 Å². The molecule has 2 aromatic rings. The molecule has 3 rings (SSSR count). The minimum Gasteiger partial charge on any atom is -0.456 e. The molecule has 7 nitrogen and oxygen atoms in total. The van der Waals surface area contributed by atoms with E-state index in [1.807, 2.05) is 31.5 Å². The van der Waals surface area contributed by atoms with E-state index < -0.39 is 29.1 Å². The van der Waals surface area contributed by atoms with Gasteiger partial charge in [0.1, 0.15) is 6.54 Å². The summed E-state index contributed by atoms with van der Waals surface area (Å²) in [5, 5.41) is 0. The number of sulfonamides is 1. The van der Waals surface area contributed by atoms with E-state index in [4.69, 9.17) is 4.74 Å². The summed E-state index contributed by atoms with van der Waals surface area (Å²) in [6, 6.07) is 6.81. The normalized spacial score (nSPS) is 13.8. The van der Waals surface area contributed by atoms with Crippen molar-refractivity contribution in [2.75, 3.05) is 13.2 Å². The number of carbonyl (C=O) groups is 2. The van der Waals surface area contributed by atoms with Crippen molar-refractivity contribution in [3.63, 3.8) is 0 Å². The molecule has 1 aliphatic rings. The fourth-order valence-corrected chi connectivity index (χ4v) is 4.55. The Morgan fingerprint density at radius 3 is 2.45 bits per heavy atom. The Morgan fingerprint density at radius 2 is 1.79 bits per heavy atom. The molecular formula is C21H26N2O5S. The van der Waals surface area contributed by atoms with Crippen molar-refractivity contribution in [3.05, 3.63) is 52.3 Å². The lowest BCUT2D eigenvalue weighted by Crippen LogP contribution is -2.31. The first kappa shape index (κ1) is 21.3. The lowest BCUT2D eigenvalue weighted by molar-refractivity contribution is -0.141. The second kappa shape index (κ2) is 8.51. The molecule has 0 saturated carbocycles. The average Bonchev–Trinajstić information content (AvgIpc) is 2.97. The van der Waals surface area contributed by atoms with Crippen LogP contribution in [-0.2, 0) is 39.4 Å². The summed E-state index contributed by atoms with van der Waals surface area (Å²) in [4.78, 5) is 24.3. The van der Waals surface area contributed by atoms with E-state index in [1.54, 1.807) is 18.2 Å². The third kappa shape index (κ3) is 4.76. The summed E-state index contributed by atoms with van der Waals surface area (Å²) >= 11 is 0. The number of hydrogen-bond donors (Lipinski definition) is 1. The highest BCUT2D eigenvalue weighted by Gasteiger charge is 2.20. The summed E-state index contributed by atoms with van der Waals surface area (Å²) in [5.74, 6) is -1.12. The molecule has 1 heterocycles. The number of fused-ring (bicyclic) bond motifs is 1. The number of nitrogens with one attached hydrogen (secondary N) is 1. The van der Waals surface area contributed by atoms with E-state index in [1.165, 1.54) is 5.56 Å². The largest absolute Gasteiger partial charge is 0.456 e. The molecule has 0 atom stereocenters. The van der Waals surface area contributed by atoms with E-state index in [2.05, 4.69) is 4.72 Å². The van der Waals surface area contributed by atoms with E-state index in [0.29, 0.717) is 5.56 Å². The molecule has 0 amide bonds. The molecule has 0 spiro atoms. The Bertz CT molecular complexity index is 1050. The molecular weight excluding hydrogens is 392 g/mol. The summed E-state index contributed by atoms with van der Waals surface area (Å²) in [5.41, 5.74) is 4.43. The lowest BCUT2D eigenvalue weighted by atomic mass is 9.92. The molecule has 29 heavy (non-hydrogen) atoms. The van der Waals surface area contributed by atoms with Gasteiger partial charge in [0.05, 0.1) is 4.90 Å².